The first-order valence-corrected chi connectivity index (χ1v) is 6.91. The lowest BCUT2D eigenvalue weighted by Crippen LogP contribution is -2.28. The average Bonchev–Trinajstić information content (AvgIpc) is 2.54. The van der Waals surface area contributed by atoms with Gasteiger partial charge in [0.15, 0.2) is 0 Å². The number of benzene rings is 1. The maximum absolute atomic E-state index is 12.3. The minimum absolute atomic E-state index is 0.0242. The van der Waals surface area contributed by atoms with Crippen molar-refractivity contribution in [2.45, 2.75) is 12.8 Å². The molecule has 0 saturated carbocycles. The quantitative estimate of drug-likeness (QED) is 0.826. The van der Waals surface area contributed by atoms with Crippen LogP contribution in [-0.2, 0) is 9.53 Å². The maximum Gasteiger partial charge on any atom is 0.227 e. The second kappa shape index (κ2) is 7.67. The summed E-state index contributed by atoms with van der Waals surface area (Å²) < 4.78 is 10.5. The molecule has 2 rings (SSSR count). The summed E-state index contributed by atoms with van der Waals surface area (Å²) in [4.78, 5) is 12.3. The van der Waals surface area contributed by atoms with Crippen molar-refractivity contribution < 1.29 is 19.4 Å². The zero-order valence-electron chi connectivity index (χ0n) is 12.0. The summed E-state index contributed by atoms with van der Waals surface area (Å²) in [7, 11) is 1.55. The zero-order chi connectivity index (χ0) is 15.1. The fourth-order valence-corrected chi connectivity index (χ4v) is 2.22. The number of hydrogen-bond acceptors (Lipinski definition) is 4. The van der Waals surface area contributed by atoms with Gasteiger partial charge in [-0.05, 0) is 31.0 Å². The van der Waals surface area contributed by atoms with Gasteiger partial charge in [0.05, 0.1) is 12.8 Å². The van der Waals surface area contributed by atoms with Crippen LogP contribution in [-0.4, -0.2) is 37.9 Å². The molecular weight excluding hydrogens is 270 g/mol. The number of aliphatic hydroxyl groups is 1. The summed E-state index contributed by atoms with van der Waals surface area (Å²) in [6, 6.07) is 5.28. The molecule has 0 unspecified atom stereocenters. The van der Waals surface area contributed by atoms with Crippen LogP contribution >= 0.6 is 0 Å². The Bertz CT molecular complexity index is 553. The van der Waals surface area contributed by atoms with Crippen molar-refractivity contribution in [2.24, 2.45) is 5.92 Å². The smallest absolute Gasteiger partial charge is 0.227 e. The third-order valence-electron chi connectivity index (χ3n) is 3.36. The molecular formula is C16H19NO4. The molecule has 0 bridgehead atoms. The first kappa shape index (κ1) is 15.4. The summed E-state index contributed by atoms with van der Waals surface area (Å²) in [5.41, 5.74) is 1.31. The SMILES string of the molecule is COc1ccc(C#CCO)cc1NC(=O)C1CCOCC1. The van der Waals surface area contributed by atoms with E-state index in [0.29, 0.717) is 30.2 Å². The Morgan fingerprint density at radius 2 is 2.24 bits per heavy atom. The molecule has 1 saturated heterocycles. The molecule has 0 aromatic heterocycles. The Balaban J connectivity index is 2.14. The van der Waals surface area contributed by atoms with E-state index in [2.05, 4.69) is 17.2 Å². The minimum Gasteiger partial charge on any atom is -0.495 e. The van der Waals surface area contributed by atoms with Gasteiger partial charge in [0.25, 0.3) is 0 Å². The van der Waals surface area contributed by atoms with Crippen molar-refractivity contribution in [1.29, 1.82) is 0 Å². The molecule has 1 aliphatic rings. The first-order chi connectivity index (χ1) is 10.2. The van der Waals surface area contributed by atoms with Crippen LogP contribution < -0.4 is 10.1 Å². The van der Waals surface area contributed by atoms with Gasteiger partial charge in [-0.2, -0.15) is 0 Å². The van der Waals surface area contributed by atoms with Crippen LogP contribution in [0.4, 0.5) is 5.69 Å². The molecule has 1 amide bonds. The van der Waals surface area contributed by atoms with Crippen LogP contribution in [0.2, 0.25) is 0 Å². The molecule has 2 N–H and O–H groups in total. The van der Waals surface area contributed by atoms with Crippen molar-refractivity contribution in [3.05, 3.63) is 23.8 Å². The normalized spacial score (nSPS) is 15.0. The molecule has 0 atom stereocenters. The average molecular weight is 289 g/mol. The molecule has 112 valence electrons. The number of aliphatic hydroxyl groups excluding tert-OH is 1. The van der Waals surface area contributed by atoms with E-state index < -0.39 is 0 Å². The highest BCUT2D eigenvalue weighted by atomic mass is 16.5. The maximum atomic E-state index is 12.3. The third kappa shape index (κ3) is 4.22. The number of carbonyl (C=O) groups is 1. The van der Waals surface area contributed by atoms with E-state index in [1.807, 2.05) is 0 Å². The van der Waals surface area contributed by atoms with E-state index in [9.17, 15) is 4.79 Å². The van der Waals surface area contributed by atoms with Crippen molar-refractivity contribution >= 4 is 11.6 Å². The lowest BCUT2D eigenvalue weighted by molar-refractivity contribution is -0.122. The number of nitrogens with one attached hydrogen (secondary N) is 1. The molecule has 1 aromatic rings. The summed E-state index contributed by atoms with van der Waals surface area (Å²) in [5.74, 6) is 5.93. The standard InChI is InChI=1S/C16H19NO4/c1-20-15-5-4-12(3-2-8-18)11-14(15)17-16(19)13-6-9-21-10-7-13/h4-5,11,13,18H,6-10H2,1H3,(H,17,19). The number of methoxy groups -OCH3 is 1. The largest absolute Gasteiger partial charge is 0.495 e. The molecule has 21 heavy (non-hydrogen) atoms. The highest BCUT2D eigenvalue weighted by Crippen LogP contribution is 2.27. The van der Waals surface area contributed by atoms with E-state index in [1.165, 1.54) is 0 Å². The molecule has 1 heterocycles. The molecule has 0 aliphatic carbocycles. The highest BCUT2D eigenvalue weighted by Gasteiger charge is 2.22. The van der Waals surface area contributed by atoms with Crippen LogP contribution in [0.15, 0.2) is 18.2 Å². The van der Waals surface area contributed by atoms with Gasteiger partial charge in [-0.25, -0.2) is 0 Å². The highest BCUT2D eigenvalue weighted by molar-refractivity contribution is 5.94. The van der Waals surface area contributed by atoms with E-state index in [0.717, 1.165) is 12.8 Å². The van der Waals surface area contributed by atoms with Gasteiger partial charge in [-0.3, -0.25) is 4.79 Å². The van der Waals surface area contributed by atoms with Crippen LogP contribution in [0.25, 0.3) is 0 Å². The van der Waals surface area contributed by atoms with Gasteiger partial charge in [-0.1, -0.05) is 11.8 Å². The molecule has 5 heteroatoms. The predicted molar refractivity (Wildman–Crippen MR) is 79.1 cm³/mol. The Kier molecular flexibility index (Phi) is 5.61. The summed E-state index contributed by atoms with van der Waals surface area (Å²) in [6.07, 6.45) is 1.47. The number of amides is 1. The van der Waals surface area contributed by atoms with Crippen LogP contribution in [0.3, 0.4) is 0 Å². The summed E-state index contributed by atoms with van der Waals surface area (Å²) in [6.45, 7) is 1.05. The molecule has 1 fully saturated rings. The van der Waals surface area contributed by atoms with E-state index >= 15 is 0 Å². The van der Waals surface area contributed by atoms with Gasteiger partial charge in [0.2, 0.25) is 5.91 Å². The number of rotatable bonds is 3. The fraction of sp³-hybridized carbons (Fsp3) is 0.438. The Labute approximate surface area is 124 Å². The zero-order valence-corrected chi connectivity index (χ0v) is 12.0. The van der Waals surface area contributed by atoms with E-state index in [1.54, 1.807) is 25.3 Å². The number of hydrogen-bond donors (Lipinski definition) is 2. The van der Waals surface area contributed by atoms with E-state index in [-0.39, 0.29) is 18.4 Å². The van der Waals surface area contributed by atoms with Crippen molar-refractivity contribution in [3.8, 4) is 17.6 Å². The second-order valence-corrected chi connectivity index (χ2v) is 4.75. The lowest BCUT2D eigenvalue weighted by atomic mass is 9.99. The van der Waals surface area contributed by atoms with Crippen LogP contribution in [0.1, 0.15) is 18.4 Å². The molecule has 5 nitrogen and oxygen atoms in total. The van der Waals surface area contributed by atoms with Gasteiger partial charge >= 0.3 is 0 Å². The second-order valence-electron chi connectivity index (χ2n) is 4.75. The number of anilines is 1. The van der Waals surface area contributed by atoms with Gasteiger partial charge in [-0.15, -0.1) is 0 Å². The van der Waals surface area contributed by atoms with Crippen LogP contribution in [0, 0.1) is 17.8 Å². The van der Waals surface area contributed by atoms with Gasteiger partial charge < -0.3 is 19.9 Å². The van der Waals surface area contributed by atoms with Crippen molar-refractivity contribution in [2.75, 3.05) is 32.2 Å². The topological polar surface area (TPSA) is 67.8 Å². The van der Waals surface area contributed by atoms with E-state index in [4.69, 9.17) is 14.6 Å². The third-order valence-corrected chi connectivity index (χ3v) is 3.36. The minimum atomic E-state index is -0.199. The number of carbonyl (C=O) groups excluding carboxylic acids is 1. The summed E-state index contributed by atoms with van der Waals surface area (Å²) in [5, 5.41) is 11.6. The molecule has 1 aromatic carbocycles. The van der Waals surface area contributed by atoms with Gasteiger partial charge in [0.1, 0.15) is 12.4 Å². The van der Waals surface area contributed by atoms with Crippen LogP contribution in [0.5, 0.6) is 5.75 Å². The molecule has 0 spiro atoms. The van der Waals surface area contributed by atoms with Crippen molar-refractivity contribution in [1.82, 2.24) is 0 Å². The predicted octanol–water partition coefficient (Wildman–Crippen LogP) is 1.40. The first-order valence-electron chi connectivity index (χ1n) is 6.91. The fourth-order valence-electron chi connectivity index (χ4n) is 2.22. The number of ether oxygens (including phenoxy) is 2. The van der Waals surface area contributed by atoms with Gasteiger partial charge in [0, 0.05) is 24.7 Å². The monoisotopic (exact) mass is 289 g/mol. The Hall–Kier alpha value is -2.03. The lowest BCUT2D eigenvalue weighted by Gasteiger charge is -2.21. The molecule has 0 radical (unpaired) electrons. The van der Waals surface area contributed by atoms with Crippen molar-refractivity contribution in [3.63, 3.8) is 0 Å². The Morgan fingerprint density at radius 1 is 1.48 bits per heavy atom. The molecule has 1 aliphatic heterocycles. The summed E-state index contributed by atoms with van der Waals surface area (Å²) >= 11 is 0. The Morgan fingerprint density at radius 3 is 2.90 bits per heavy atom.